The molecule has 0 bridgehead atoms. The largest absolute Gasteiger partial charge is 0.340 e. The van der Waals surface area contributed by atoms with Crippen molar-refractivity contribution in [3.8, 4) is 6.07 Å². The lowest BCUT2D eigenvalue weighted by atomic mass is 10.1. The summed E-state index contributed by atoms with van der Waals surface area (Å²) in [4.78, 5) is 14.8. The fourth-order valence-corrected chi connectivity index (χ4v) is 5.65. The lowest BCUT2D eigenvalue weighted by molar-refractivity contribution is -0.134. The number of amides is 1. The van der Waals surface area contributed by atoms with E-state index in [2.05, 4.69) is 19.9 Å². The number of carbonyl (C=O) groups is 1. The van der Waals surface area contributed by atoms with Crippen LogP contribution in [0.3, 0.4) is 0 Å². The van der Waals surface area contributed by atoms with Gasteiger partial charge in [-0.1, -0.05) is 37.6 Å². The molecule has 2 fully saturated rings. The van der Waals surface area contributed by atoms with E-state index in [4.69, 9.17) is 0 Å². The number of sulfonamides is 1. The van der Waals surface area contributed by atoms with E-state index < -0.39 is 10.0 Å². The van der Waals surface area contributed by atoms with Gasteiger partial charge in [0.2, 0.25) is 15.9 Å². The van der Waals surface area contributed by atoms with Gasteiger partial charge in [-0.3, -0.25) is 4.79 Å². The molecule has 150 valence electrons. The van der Waals surface area contributed by atoms with Crippen LogP contribution in [-0.2, 0) is 14.8 Å². The highest BCUT2D eigenvalue weighted by Crippen LogP contribution is 2.60. The first-order valence-electron chi connectivity index (χ1n) is 9.53. The molecule has 2 unspecified atom stereocenters. The second-order valence-corrected chi connectivity index (χ2v) is 10.3. The Morgan fingerprint density at radius 2 is 1.79 bits per heavy atom. The molecular formula is C21H27N3O3S. The number of hydrogen-bond donors (Lipinski definition) is 0. The number of allylic oxidation sites excluding steroid dienone is 2. The molecule has 1 heterocycles. The molecule has 7 heteroatoms. The van der Waals surface area contributed by atoms with Crippen LogP contribution in [0.2, 0.25) is 0 Å². The van der Waals surface area contributed by atoms with Gasteiger partial charge >= 0.3 is 0 Å². The third-order valence-electron chi connectivity index (χ3n) is 5.87. The number of nitriles is 1. The van der Waals surface area contributed by atoms with Gasteiger partial charge in [-0.05, 0) is 37.3 Å². The smallest absolute Gasteiger partial charge is 0.244 e. The molecule has 1 aromatic carbocycles. The van der Waals surface area contributed by atoms with E-state index in [9.17, 15) is 18.5 Å². The van der Waals surface area contributed by atoms with Gasteiger partial charge in [0.1, 0.15) is 6.07 Å². The zero-order valence-electron chi connectivity index (χ0n) is 16.8. The van der Waals surface area contributed by atoms with Crippen LogP contribution in [0.25, 0.3) is 0 Å². The predicted octanol–water partition coefficient (Wildman–Crippen LogP) is 2.63. The molecular weight excluding hydrogens is 374 g/mol. The Morgan fingerprint density at radius 3 is 2.36 bits per heavy atom. The normalized spacial score (nSPS) is 24.3. The van der Waals surface area contributed by atoms with Crippen molar-refractivity contribution >= 4 is 15.9 Å². The second kappa shape index (κ2) is 7.34. The summed E-state index contributed by atoms with van der Waals surface area (Å²) in [5, 5.41) is 9.21. The lowest BCUT2D eigenvalue weighted by Gasteiger charge is -2.34. The Kier molecular flexibility index (Phi) is 5.39. The monoisotopic (exact) mass is 401 g/mol. The van der Waals surface area contributed by atoms with Crippen molar-refractivity contribution in [3.05, 3.63) is 41.5 Å². The average Bonchev–Trinajstić information content (AvgIpc) is 3.20. The number of rotatable bonds is 4. The topological polar surface area (TPSA) is 81.5 Å². The van der Waals surface area contributed by atoms with Crippen molar-refractivity contribution in [3.63, 3.8) is 0 Å². The number of benzene rings is 1. The van der Waals surface area contributed by atoms with Crippen molar-refractivity contribution in [1.82, 2.24) is 9.21 Å². The van der Waals surface area contributed by atoms with Gasteiger partial charge < -0.3 is 4.90 Å². The molecule has 1 aliphatic carbocycles. The van der Waals surface area contributed by atoms with E-state index in [0.29, 0.717) is 13.1 Å². The van der Waals surface area contributed by atoms with Crippen molar-refractivity contribution in [2.45, 2.75) is 32.6 Å². The van der Waals surface area contributed by atoms with Gasteiger partial charge in [-0.2, -0.15) is 9.57 Å². The van der Waals surface area contributed by atoms with E-state index in [1.165, 1.54) is 22.0 Å². The summed E-state index contributed by atoms with van der Waals surface area (Å²) in [6.07, 6.45) is 2.17. The van der Waals surface area contributed by atoms with E-state index in [0.717, 1.165) is 0 Å². The molecule has 1 aliphatic heterocycles. The highest BCUT2D eigenvalue weighted by atomic mass is 32.2. The van der Waals surface area contributed by atoms with E-state index in [-0.39, 0.29) is 46.7 Å². The maximum atomic E-state index is 13.0. The minimum absolute atomic E-state index is 0.0317. The molecule has 0 aromatic heterocycles. The first kappa shape index (κ1) is 20.6. The summed E-state index contributed by atoms with van der Waals surface area (Å²) in [5.74, 6) is 0.320. The van der Waals surface area contributed by atoms with Gasteiger partial charge in [-0.15, -0.1) is 0 Å². The number of hydrogen-bond acceptors (Lipinski definition) is 4. The molecule has 2 aliphatic rings. The maximum absolute atomic E-state index is 13.0. The molecule has 6 nitrogen and oxygen atoms in total. The molecule has 1 saturated carbocycles. The van der Waals surface area contributed by atoms with Gasteiger partial charge in [0.15, 0.2) is 0 Å². The van der Waals surface area contributed by atoms with Gasteiger partial charge in [0.25, 0.3) is 0 Å². The van der Waals surface area contributed by atoms with Crippen LogP contribution in [0.4, 0.5) is 0 Å². The molecule has 0 radical (unpaired) electrons. The van der Waals surface area contributed by atoms with E-state index >= 15 is 0 Å². The second-order valence-electron chi connectivity index (χ2n) is 8.41. The molecule has 1 saturated heterocycles. The minimum atomic E-state index is -3.74. The number of piperazine rings is 1. The number of carbonyl (C=O) groups excluding carboxylic acids is 1. The van der Waals surface area contributed by atoms with Crippen LogP contribution in [0.5, 0.6) is 0 Å². The Balaban J connectivity index is 1.69. The van der Waals surface area contributed by atoms with E-state index in [1.54, 1.807) is 17.0 Å². The summed E-state index contributed by atoms with van der Waals surface area (Å²) >= 11 is 0. The fraction of sp³-hybridized carbons (Fsp3) is 0.524. The first-order valence-corrected chi connectivity index (χ1v) is 11.0. The van der Waals surface area contributed by atoms with Crippen LogP contribution < -0.4 is 0 Å². The zero-order valence-corrected chi connectivity index (χ0v) is 17.7. The van der Waals surface area contributed by atoms with Crippen LogP contribution in [-0.4, -0.2) is 49.7 Å². The quantitative estimate of drug-likeness (QED) is 0.726. The van der Waals surface area contributed by atoms with Crippen molar-refractivity contribution in [1.29, 1.82) is 5.26 Å². The Bertz CT molecular complexity index is 947. The summed E-state index contributed by atoms with van der Waals surface area (Å²) in [7, 11) is -3.74. The molecule has 1 aromatic rings. The minimum Gasteiger partial charge on any atom is -0.340 e. The average molecular weight is 402 g/mol. The van der Waals surface area contributed by atoms with Gasteiger partial charge in [0, 0.05) is 26.2 Å². The van der Waals surface area contributed by atoms with Crippen LogP contribution >= 0.6 is 0 Å². The molecule has 3 rings (SSSR count). The predicted molar refractivity (Wildman–Crippen MR) is 107 cm³/mol. The molecule has 0 spiro atoms. The number of nitrogens with zero attached hydrogens (tertiary/aromatic N) is 3. The summed E-state index contributed by atoms with van der Waals surface area (Å²) in [5.41, 5.74) is 1.30. The standard InChI is InChI=1S/C21H27N3O3S/c1-15(2)13-17-19(21(17,3)4)20(25)23-9-11-24(12-10-23)28(26,27)18-8-6-5-7-16(18)14-22/h5-8,13,17,19H,9-12H2,1-4H3. The Morgan fingerprint density at radius 1 is 1.18 bits per heavy atom. The van der Waals surface area contributed by atoms with Crippen molar-refractivity contribution in [2.24, 2.45) is 17.3 Å². The summed E-state index contributed by atoms with van der Waals surface area (Å²) < 4.78 is 27.2. The third-order valence-corrected chi connectivity index (χ3v) is 7.82. The van der Waals surface area contributed by atoms with Gasteiger partial charge in [0.05, 0.1) is 16.4 Å². The third kappa shape index (κ3) is 3.59. The highest BCUT2D eigenvalue weighted by molar-refractivity contribution is 7.89. The SMILES string of the molecule is CC(C)=CC1C(C(=O)N2CCN(S(=O)(=O)c3ccccc3C#N)CC2)C1(C)C. The zero-order chi connectivity index (χ0) is 20.7. The fourth-order valence-electron chi connectivity index (χ4n) is 4.09. The van der Waals surface area contributed by atoms with E-state index in [1.807, 2.05) is 19.9 Å². The summed E-state index contributed by atoms with van der Waals surface area (Å²) in [6, 6.07) is 8.17. The Labute approximate surface area is 167 Å². The molecule has 1 amide bonds. The van der Waals surface area contributed by atoms with Crippen molar-refractivity contribution in [2.75, 3.05) is 26.2 Å². The van der Waals surface area contributed by atoms with Crippen LogP contribution in [0.15, 0.2) is 40.8 Å². The molecule has 28 heavy (non-hydrogen) atoms. The van der Waals surface area contributed by atoms with Gasteiger partial charge in [-0.25, -0.2) is 8.42 Å². The highest BCUT2D eigenvalue weighted by Gasteiger charge is 2.61. The molecule has 0 N–H and O–H groups in total. The van der Waals surface area contributed by atoms with Crippen LogP contribution in [0.1, 0.15) is 33.3 Å². The first-order chi connectivity index (χ1) is 13.1. The molecule has 2 atom stereocenters. The maximum Gasteiger partial charge on any atom is 0.244 e. The van der Waals surface area contributed by atoms with Crippen molar-refractivity contribution < 1.29 is 13.2 Å². The summed E-state index contributed by atoms with van der Waals surface area (Å²) in [6.45, 7) is 9.54. The van der Waals surface area contributed by atoms with Crippen LogP contribution in [0, 0.1) is 28.6 Å². The lowest BCUT2D eigenvalue weighted by Crippen LogP contribution is -2.51. The Hall–Kier alpha value is -2.17.